The Morgan fingerprint density at radius 3 is 2.22 bits per heavy atom. The van der Waals surface area contributed by atoms with Crippen LogP contribution < -0.4 is 0 Å². The summed E-state index contributed by atoms with van der Waals surface area (Å²) in [6.45, 7) is 2.25. The molecule has 0 amide bonds. The highest BCUT2D eigenvalue weighted by molar-refractivity contribution is 5.35. The van der Waals surface area contributed by atoms with Gasteiger partial charge in [-0.1, -0.05) is 56.9 Å². The van der Waals surface area contributed by atoms with Gasteiger partial charge < -0.3 is 0 Å². The Hall–Kier alpha value is -0.920. The van der Waals surface area contributed by atoms with Crippen LogP contribution in [0.4, 0.5) is 8.78 Å². The van der Waals surface area contributed by atoms with Crippen LogP contribution in [0.5, 0.6) is 0 Å². The Labute approximate surface area is 139 Å². The molecule has 0 heterocycles. The minimum absolute atomic E-state index is 0.337. The van der Waals surface area contributed by atoms with Gasteiger partial charge in [0.1, 0.15) is 0 Å². The van der Waals surface area contributed by atoms with E-state index in [1.807, 2.05) is 12.1 Å². The predicted octanol–water partition coefficient (Wildman–Crippen LogP) is 7.04. The van der Waals surface area contributed by atoms with E-state index >= 15 is 8.78 Å². The largest absolute Gasteiger partial charge is 0.276 e. The minimum Gasteiger partial charge on any atom is -0.201 e. The van der Waals surface area contributed by atoms with Gasteiger partial charge in [-0.3, -0.25) is 0 Å². The Bertz CT molecular complexity index is 494. The van der Waals surface area contributed by atoms with Crippen molar-refractivity contribution in [2.24, 2.45) is 11.8 Å². The van der Waals surface area contributed by atoms with E-state index in [0.29, 0.717) is 24.3 Å². The average molecular weight is 320 g/mol. The molecule has 2 aliphatic rings. The van der Waals surface area contributed by atoms with Crippen molar-refractivity contribution in [1.82, 2.24) is 0 Å². The van der Waals surface area contributed by atoms with E-state index in [4.69, 9.17) is 0 Å². The predicted molar refractivity (Wildman–Crippen MR) is 91.9 cm³/mol. The molecule has 0 spiro atoms. The molecule has 2 heteroatoms. The normalized spacial score (nSPS) is 27.1. The fraction of sp³-hybridized carbons (Fsp3) is 0.714. The summed E-state index contributed by atoms with van der Waals surface area (Å²) in [6.07, 6.45) is 10.2. The summed E-state index contributed by atoms with van der Waals surface area (Å²) in [5.74, 6) is -1.97. The second-order valence-corrected chi connectivity index (χ2v) is 7.67. The molecule has 0 unspecified atom stereocenters. The summed E-state index contributed by atoms with van der Waals surface area (Å²) < 4.78 is 30.4. The highest BCUT2D eigenvalue weighted by Crippen LogP contribution is 2.48. The van der Waals surface area contributed by atoms with Gasteiger partial charge >= 0.3 is 0 Å². The molecule has 0 N–H and O–H groups in total. The molecular formula is C21H30F2. The van der Waals surface area contributed by atoms with E-state index in [9.17, 15) is 0 Å². The number of alkyl halides is 2. The van der Waals surface area contributed by atoms with E-state index < -0.39 is 11.8 Å². The molecule has 2 aliphatic carbocycles. The number of hydrogen-bond acceptors (Lipinski definition) is 0. The lowest BCUT2D eigenvalue weighted by molar-refractivity contribution is -0.0787. The summed E-state index contributed by atoms with van der Waals surface area (Å²) in [5, 5.41) is 0. The van der Waals surface area contributed by atoms with Gasteiger partial charge in [0.2, 0.25) is 0 Å². The van der Waals surface area contributed by atoms with Gasteiger partial charge in [0.05, 0.1) is 0 Å². The van der Waals surface area contributed by atoms with Gasteiger partial charge in [-0.2, -0.15) is 0 Å². The molecule has 3 rings (SSSR count). The molecule has 0 aromatic heterocycles. The molecule has 0 radical (unpaired) electrons. The van der Waals surface area contributed by atoms with Crippen LogP contribution in [0.1, 0.15) is 88.2 Å². The summed E-state index contributed by atoms with van der Waals surface area (Å²) in [7, 11) is 0. The van der Waals surface area contributed by atoms with E-state index in [1.54, 1.807) is 12.1 Å². The highest BCUT2D eigenvalue weighted by Gasteiger charge is 2.43. The molecule has 0 saturated heterocycles. The van der Waals surface area contributed by atoms with Crippen molar-refractivity contribution in [3.8, 4) is 0 Å². The molecule has 0 bridgehead atoms. The quantitative estimate of drug-likeness (QED) is 0.558. The molecule has 128 valence electrons. The molecule has 1 aromatic carbocycles. The number of rotatable bonds is 4. The monoisotopic (exact) mass is 320 g/mol. The Kier molecular flexibility index (Phi) is 5.38. The van der Waals surface area contributed by atoms with Gasteiger partial charge in [0.25, 0.3) is 5.92 Å². The van der Waals surface area contributed by atoms with Crippen LogP contribution in [0.3, 0.4) is 0 Å². The fourth-order valence-corrected chi connectivity index (χ4v) is 4.72. The lowest BCUT2D eigenvalue weighted by atomic mass is 9.74. The van der Waals surface area contributed by atoms with E-state index in [-0.39, 0.29) is 0 Å². The van der Waals surface area contributed by atoms with Crippen molar-refractivity contribution in [2.75, 3.05) is 0 Å². The molecule has 0 atom stereocenters. The smallest absolute Gasteiger partial charge is 0.201 e. The van der Waals surface area contributed by atoms with Crippen LogP contribution in [-0.4, -0.2) is 0 Å². The van der Waals surface area contributed by atoms with Gasteiger partial charge in [0.15, 0.2) is 0 Å². The first-order valence-electron chi connectivity index (χ1n) is 9.60. The summed E-state index contributed by atoms with van der Waals surface area (Å²) in [4.78, 5) is 0. The first kappa shape index (κ1) is 16.9. The van der Waals surface area contributed by atoms with E-state index in [2.05, 4.69) is 6.92 Å². The second-order valence-electron chi connectivity index (χ2n) is 7.67. The topological polar surface area (TPSA) is 0 Å². The molecule has 0 nitrogen and oxygen atoms in total. The van der Waals surface area contributed by atoms with Crippen molar-refractivity contribution < 1.29 is 8.78 Å². The number of hydrogen-bond donors (Lipinski definition) is 0. The average Bonchev–Trinajstić information content (AvgIpc) is 2.62. The number of benzene rings is 1. The summed E-state index contributed by atoms with van der Waals surface area (Å²) in [6, 6.07) is 7.42. The SMILES string of the molecule is CCC1CCC(c2ccccc2C(F)(F)C2CCCCC2)CC1. The zero-order valence-corrected chi connectivity index (χ0v) is 14.4. The van der Waals surface area contributed by atoms with Crippen molar-refractivity contribution in [1.29, 1.82) is 0 Å². The Balaban J connectivity index is 1.82. The maximum Gasteiger partial charge on any atom is 0.276 e. The summed E-state index contributed by atoms with van der Waals surface area (Å²) >= 11 is 0. The van der Waals surface area contributed by atoms with Crippen LogP contribution in [0.15, 0.2) is 24.3 Å². The third-order valence-electron chi connectivity index (χ3n) is 6.30. The maximum atomic E-state index is 15.2. The van der Waals surface area contributed by atoms with E-state index in [1.165, 1.54) is 19.3 Å². The molecular weight excluding hydrogens is 290 g/mol. The summed E-state index contributed by atoms with van der Waals surface area (Å²) in [5.41, 5.74) is 1.28. The Morgan fingerprint density at radius 2 is 1.57 bits per heavy atom. The van der Waals surface area contributed by atoms with Crippen LogP contribution in [0.2, 0.25) is 0 Å². The maximum absolute atomic E-state index is 15.2. The highest BCUT2D eigenvalue weighted by atomic mass is 19.3. The van der Waals surface area contributed by atoms with Crippen LogP contribution in [0.25, 0.3) is 0 Å². The Morgan fingerprint density at radius 1 is 0.913 bits per heavy atom. The second kappa shape index (κ2) is 7.32. The molecule has 2 fully saturated rings. The molecule has 23 heavy (non-hydrogen) atoms. The third kappa shape index (κ3) is 3.61. The van der Waals surface area contributed by atoms with Gasteiger partial charge in [-0.25, -0.2) is 8.78 Å². The van der Waals surface area contributed by atoms with Crippen LogP contribution in [-0.2, 0) is 5.92 Å². The van der Waals surface area contributed by atoms with Gasteiger partial charge in [0, 0.05) is 11.5 Å². The molecule has 2 saturated carbocycles. The zero-order chi connectivity index (χ0) is 16.3. The zero-order valence-electron chi connectivity index (χ0n) is 14.4. The first-order chi connectivity index (χ1) is 11.1. The minimum atomic E-state index is -2.65. The van der Waals surface area contributed by atoms with Crippen LogP contribution >= 0.6 is 0 Å². The third-order valence-corrected chi connectivity index (χ3v) is 6.30. The lowest BCUT2D eigenvalue weighted by Gasteiger charge is -2.34. The molecule has 0 aliphatic heterocycles. The lowest BCUT2D eigenvalue weighted by Crippen LogP contribution is -2.29. The van der Waals surface area contributed by atoms with Gasteiger partial charge in [-0.05, 0) is 55.9 Å². The standard InChI is InChI=1S/C21H30F2/c1-2-16-12-14-17(15-13-16)19-10-6-7-11-20(19)21(22,23)18-8-4-3-5-9-18/h6-7,10-11,16-18H,2-5,8-9,12-15H2,1H3. The molecule has 1 aromatic rings. The van der Waals surface area contributed by atoms with Gasteiger partial charge in [-0.15, -0.1) is 0 Å². The van der Waals surface area contributed by atoms with Crippen LogP contribution in [0, 0.1) is 11.8 Å². The van der Waals surface area contributed by atoms with E-state index in [0.717, 1.165) is 43.6 Å². The fourth-order valence-electron chi connectivity index (χ4n) is 4.72. The number of halogens is 2. The first-order valence-corrected chi connectivity index (χ1v) is 9.60. The van der Waals surface area contributed by atoms with Crippen molar-refractivity contribution in [2.45, 2.75) is 83.0 Å². The van der Waals surface area contributed by atoms with Crippen molar-refractivity contribution >= 4 is 0 Å². The van der Waals surface area contributed by atoms with Crippen molar-refractivity contribution in [3.05, 3.63) is 35.4 Å². The van der Waals surface area contributed by atoms with Crippen molar-refractivity contribution in [3.63, 3.8) is 0 Å².